The number of phenolic OH excluding ortho intramolecular Hbond substituents is 1. The zero-order valence-corrected chi connectivity index (χ0v) is 32.2. The van der Waals surface area contributed by atoms with Crippen LogP contribution in [0, 0.1) is 6.92 Å². The molecule has 0 aliphatic heterocycles. The molecule has 0 unspecified atom stereocenters. The van der Waals surface area contributed by atoms with Crippen LogP contribution in [-0.4, -0.2) is 56.3 Å². The number of carbonyl (C=O) groups is 3. The Hall–Kier alpha value is -5.79. The van der Waals surface area contributed by atoms with E-state index in [9.17, 15) is 24.3 Å². The summed E-state index contributed by atoms with van der Waals surface area (Å²) in [6.07, 6.45) is -0.0273. The highest BCUT2D eigenvalue weighted by Crippen LogP contribution is 2.31. The van der Waals surface area contributed by atoms with Crippen LogP contribution >= 0.6 is 23.2 Å². The van der Waals surface area contributed by atoms with Crippen molar-refractivity contribution in [3.05, 3.63) is 127 Å². The topological polar surface area (TPSA) is 174 Å². The summed E-state index contributed by atoms with van der Waals surface area (Å²) in [4.78, 5) is 53.0. The lowest BCUT2D eigenvalue weighted by atomic mass is 9.92. The molecule has 5 aromatic rings. The maximum atomic E-state index is 13.7. The largest absolute Gasteiger partial charge is 0.506 e. The van der Waals surface area contributed by atoms with Crippen molar-refractivity contribution < 1.29 is 24.2 Å². The molecule has 5 N–H and O–H groups in total. The summed E-state index contributed by atoms with van der Waals surface area (Å²) in [7, 11) is 3.25. The van der Waals surface area contributed by atoms with Gasteiger partial charge in [-0.05, 0) is 47.9 Å². The molecule has 0 atom stereocenters. The van der Waals surface area contributed by atoms with Gasteiger partial charge in [0.15, 0.2) is 0 Å². The third-order valence-corrected chi connectivity index (χ3v) is 9.25. The van der Waals surface area contributed by atoms with Gasteiger partial charge in [-0.2, -0.15) is 5.10 Å². The van der Waals surface area contributed by atoms with Gasteiger partial charge in [-0.25, -0.2) is 9.48 Å². The van der Waals surface area contributed by atoms with Gasteiger partial charge < -0.3 is 25.8 Å². The number of hydrogen-bond donors (Lipinski definition) is 4. The highest BCUT2D eigenvalue weighted by Gasteiger charge is 2.23. The molecular weight excluding hydrogens is 733 g/mol. The number of pyridine rings is 1. The Morgan fingerprint density at radius 3 is 2.31 bits per heavy atom. The molecule has 15 heteroatoms. The summed E-state index contributed by atoms with van der Waals surface area (Å²) in [5, 5.41) is 20.6. The van der Waals surface area contributed by atoms with Crippen LogP contribution in [0.1, 0.15) is 59.2 Å². The van der Waals surface area contributed by atoms with Gasteiger partial charge in [0.05, 0.1) is 28.5 Å². The maximum Gasteiger partial charge on any atom is 0.320 e. The molecule has 0 fully saturated rings. The van der Waals surface area contributed by atoms with Crippen molar-refractivity contribution in [1.82, 2.24) is 24.6 Å². The second-order valence-electron chi connectivity index (χ2n) is 13.9. The Kier molecular flexibility index (Phi) is 11.7. The number of anilines is 1. The highest BCUT2D eigenvalue weighted by atomic mass is 35.5. The number of nitrogens with two attached hydrogens (primary N) is 1. The Balaban J connectivity index is 1.34. The Morgan fingerprint density at radius 2 is 1.67 bits per heavy atom. The average molecular weight is 775 g/mol. The summed E-state index contributed by atoms with van der Waals surface area (Å²) in [6.45, 7) is 7.83. The monoisotopic (exact) mass is 773 g/mol. The van der Waals surface area contributed by atoms with E-state index >= 15 is 0 Å². The van der Waals surface area contributed by atoms with Crippen molar-refractivity contribution in [1.29, 1.82) is 0 Å². The van der Waals surface area contributed by atoms with Crippen LogP contribution in [-0.2, 0) is 29.8 Å². The second-order valence-corrected chi connectivity index (χ2v) is 14.6. The lowest BCUT2D eigenvalue weighted by Crippen LogP contribution is -2.29. The maximum absolute atomic E-state index is 13.7. The molecule has 282 valence electrons. The van der Waals surface area contributed by atoms with Crippen LogP contribution in [0.2, 0.25) is 10.0 Å². The van der Waals surface area contributed by atoms with Crippen molar-refractivity contribution in [3.8, 4) is 22.9 Å². The summed E-state index contributed by atoms with van der Waals surface area (Å²) in [5.41, 5.74) is 8.70. The number of urea groups is 1. The molecule has 2 aromatic heterocycles. The summed E-state index contributed by atoms with van der Waals surface area (Å²) in [5.74, 6) is -0.501. The number of amides is 4. The van der Waals surface area contributed by atoms with Gasteiger partial charge in [0.2, 0.25) is 11.8 Å². The average Bonchev–Trinajstić information content (AvgIpc) is 3.54. The van der Waals surface area contributed by atoms with E-state index in [2.05, 4.69) is 15.7 Å². The number of hydrogen-bond acceptors (Lipinski definition) is 7. The van der Waals surface area contributed by atoms with Crippen molar-refractivity contribution in [2.45, 2.75) is 52.7 Å². The first kappa shape index (κ1) is 39.4. The predicted octanol–water partition coefficient (Wildman–Crippen LogP) is 6.27. The highest BCUT2D eigenvalue weighted by molar-refractivity contribution is 6.32. The fourth-order valence-electron chi connectivity index (χ4n) is 5.51. The number of aryl methyl sites for hydroxylation is 1. The van der Waals surface area contributed by atoms with E-state index in [0.29, 0.717) is 28.5 Å². The van der Waals surface area contributed by atoms with E-state index in [1.807, 2.05) is 45.0 Å². The predicted molar refractivity (Wildman–Crippen MR) is 208 cm³/mol. The molecule has 0 radical (unpaired) electrons. The molecule has 2 heterocycles. The van der Waals surface area contributed by atoms with Crippen molar-refractivity contribution >= 4 is 46.9 Å². The molecule has 0 spiro atoms. The third-order valence-electron chi connectivity index (χ3n) is 8.59. The first-order chi connectivity index (χ1) is 25.4. The van der Waals surface area contributed by atoms with Gasteiger partial charge in [-0.3, -0.25) is 24.3 Å². The first-order valence-electron chi connectivity index (χ1n) is 16.8. The molecule has 0 saturated heterocycles. The number of aromatic nitrogens is 3. The minimum absolute atomic E-state index is 0.0175. The molecule has 0 aliphatic carbocycles. The zero-order valence-electron chi connectivity index (χ0n) is 30.7. The molecule has 0 saturated carbocycles. The van der Waals surface area contributed by atoms with Gasteiger partial charge in [0.25, 0.3) is 5.56 Å². The standard InChI is InChI=1S/C39H41Cl2N7O6/c1-22-15-31(35(41)37(52)47(22)29-16-24(36(42)51)12-11-23(29)17-34(50)46(5)6)54-21-26-10-8-7-9-25(26)20-43-38(53)44-33-19-32(39(2,3)4)45-48(33)27-13-14-28(40)30(49)18-27/h7-16,18-19,49H,17,20-21H2,1-6H3,(H2,42,51)(H2,43,44,53). The Morgan fingerprint density at radius 1 is 0.963 bits per heavy atom. The summed E-state index contributed by atoms with van der Waals surface area (Å²) in [6, 6.07) is 19.4. The number of primary amides is 1. The fourth-order valence-corrected chi connectivity index (χ4v) is 5.82. The van der Waals surface area contributed by atoms with E-state index in [-0.39, 0.29) is 58.0 Å². The zero-order chi connectivity index (χ0) is 39.5. The van der Waals surface area contributed by atoms with Crippen molar-refractivity contribution in [3.63, 3.8) is 0 Å². The molecule has 0 bridgehead atoms. The third kappa shape index (κ3) is 8.87. The minimum atomic E-state index is -0.690. The number of likely N-dealkylation sites (N-methyl/N-ethyl adjacent to an activating group) is 1. The van der Waals surface area contributed by atoms with E-state index in [4.69, 9.17) is 33.7 Å². The van der Waals surface area contributed by atoms with Gasteiger partial charge in [0, 0.05) is 55.5 Å². The number of nitrogens with one attached hydrogen (secondary N) is 2. The van der Waals surface area contributed by atoms with E-state index < -0.39 is 17.5 Å². The minimum Gasteiger partial charge on any atom is -0.506 e. The number of nitrogens with zero attached hydrogens (tertiary/aromatic N) is 4. The number of halogens is 2. The van der Waals surface area contributed by atoms with Crippen molar-refractivity contribution in [2.24, 2.45) is 5.73 Å². The van der Waals surface area contributed by atoms with Crippen LogP contribution in [0.25, 0.3) is 11.4 Å². The SMILES string of the molecule is Cc1cc(OCc2ccccc2CNC(=O)Nc2cc(C(C)(C)C)nn2-c2ccc(Cl)c(O)c2)c(Cl)c(=O)n1-c1cc(C(N)=O)ccc1CC(=O)N(C)C. The van der Waals surface area contributed by atoms with Crippen LogP contribution in [0.15, 0.2) is 77.6 Å². The molecule has 5 rings (SSSR count). The first-order valence-corrected chi connectivity index (χ1v) is 17.6. The molecule has 54 heavy (non-hydrogen) atoms. The number of ether oxygens (including phenoxy) is 1. The van der Waals surface area contributed by atoms with Gasteiger partial charge in [0.1, 0.15) is 28.9 Å². The lowest BCUT2D eigenvalue weighted by molar-refractivity contribution is -0.127. The Labute approximate surface area is 322 Å². The van der Waals surface area contributed by atoms with Gasteiger partial charge in [-0.1, -0.05) is 74.3 Å². The smallest absolute Gasteiger partial charge is 0.320 e. The van der Waals surface area contributed by atoms with Crippen molar-refractivity contribution in [2.75, 3.05) is 19.4 Å². The van der Waals surface area contributed by atoms with Crippen LogP contribution in [0.5, 0.6) is 11.5 Å². The number of carbonyl (C=O) groups excluding carboxylic acids is 3. The number of phenols is 1. The lowest BCUT2D eigenvalue weighted by Gasteiger charge is -2.19. The summed E-state index contributed by atoms with van der Waals surface area (Å²) >= 11 is 12.6. The molecule has 3 aromatic carbocycles. The van der Waals surface area contributed by atoms with Gasteiger partial charge >= 0.3 is 6.03 Å². The molecular formula is C39H41Cl2N7O6. The number of benzene rings is 3. The van der Waals surface area contributed by atoms with Gasteiger partial charge in [-0.15, -0.1) is 0 Å². The van der Waals surface area contributed by atoms with Crippen LogP contribution < -0.4 is 26.7 Å². The van der Waals surface area contributed by atoms with E-state index in [0.717, 1.165) is 16.8 Å². The second kappa shape index (κ2) is 16.1. The van der Waals surface area contributed by atoms with E-state index in [1.165, 1.54) is 32.3 Å². The fraction of sp³-hybridized carbons (Fsp3) is 0.256. The summed E-state index contributed by atoms with van der Waals surface area (Å²) < 4.78 is 8.92. The molecule has 0 aliphatic rings. The van der Waals surface area contributed by atoms with Crippen LogP contribution in [0.4, 0.5) is 10.6 Å². The number of rotatable bonds is 11. The molecule has 4 amide bonds. The molecule has 13 nitrogen and oxygen atoms in total. The van der Waals surface area contributed by atoms with Crippen LogP contribution in [0.3, 0.4) is 0 Å². The van der Waals surface area contributed by atoms with E-state index in [1.54, 1.807) is 51.4 Å². The Bertz CT molecular complexity index is 2310. The number of aromatic hydroxyl groups is 1. The quantitative estimate of drug-likeness (QED) is 0.122. The normalized spacial score (nSPS) is 11.3.